The van der Waals surface area contributed by atoms with E-state index in [1.165, 1.54) is 0 Å². The van der Waals surface area contributed by atoms with Crippen molar-refractivity contribution in [3.05, 3.63) is 34.3 Å². The molecule has 2 rings (SSSR count). The van der Waals surface area contributed by atoms with Crippen molar-refractivity contribution in [2.75, 3.05) is 19.7 Å². The van der Waals surface area contributed by atoms with Crippen molar-refractivity contribution in [1.82, 2.24) is 10.2 Å². The average Bonchev–Trinajstić information content (AvgIpc) is 2.86. The van der Waals surface area contributed by atoms with Crippen molar-refractivity contribution >= 4 is 21.8 Å². The van der Waals surface area contributed by atoms with Gasteiger partial charge in [0.05, 0.1) is 19.2 Å². The number of hydrogen-bond donors (Lipinski definition) is 2. The predicted molar refractivity (Wildman–Crippen MR) is 82.4 cm³/mol. The fraction of sp³-hybridized carbons (Fsp3) is 0.533. The van der Waals surface area contributed by atoms with Crippen LogP contribution in [0.5, 0.6) is 0 Å². The van der Waals surface area contributed by atoms with Gasteiger partial charge in [-0.3, -0.25) is 9.69 Å². The highest BCUT2D eigenvalue weighted by Gasteiger charge is 2.25. The third-order valence-electron chi connectivity index (χ3n) is 3.80. The lowest BCUT2D eigenvalue weighted by Crippen LogP contribution is -2.41. The Hall–Kier alpha value is -0.910. The first-order valence-electron chi connectivity index (χ1n) is 7.00. The van der Waals surface area contributed by atoms with E-state index in [0.717, 1.165) is 29.4 Å². The van der Waals surface area contributed by atoms with Crippen LogP contribution in [-0.4, -0.2) is 41.7 Å². The Morgan fingerprint density at radius 2 is 2.20 bits per heavy atom. The molecule has 1 unspecified atom stereocenters. The minimum atomic E-state index is -0.00854. The third kappa shape index (κ3) is 4.04. The number of hydrogen-bond acceptors (Lipinski definition) is 3. The van der Waals surface area contributed by atoms with E-state index in [1.54, 1.807) is 0 Å². The van der Waals surface area contributed by atoms with E-state index in [0.29, 0.717) is 6.54 Å². The van der Waals surface area contributed by atoms with Crippen LogP contribution < -0.4 is 5.32 Å². The van der Waals surface area contributed by atoms with Gasteiger partial charge in [0.1, 0.15) is 0 Å². The molecule has 1 aromatic carbocycles. The van der Waals surface area contributed by atoms with E-state index >= 15 is 0 Å². The Morgan fingerprint density at radius 3 is 2.85 bits per heavy atom. The summed E-state index contributed by atoms with van der Waals surface area (Å²) in [7, 11) is 0. The molecular formula is C15H21BrN2O2. The number of aliphatic hydroxyl groups excluding tert-OH is 1. The summed E-state index contributed by atoms with van der Waals surface area (Å²) >= 11 is 3.40. The van der Waals surface area contributed by atoms with E-state index in [4.69, 9.17) is 0 Å². The van der Waals surface area contributed by atoms with Gasteiger partial charge in [-0.05, 0) is 44.0 Å². The first kappa shape index (κ1) is 15.5. The predicted octanol–water partition coefficient (Wildman–Crippen LogP) is 2.08. The summed E-state index contributed by atoms with van der Waals surface area (Å²) in [6.07, 6.45) is 2.03. The number of likely N-dealkylation sites (tertiary alicyclic amines) is 1. The van der Waals surface area contributed by atoms with Crippen LogP contribution >= 0.6 is 15.9 Å². The summed E-state index contributed by atoms with van der Waals surface area (Å²) < 4.78 is 1.03. The summed E-state index contributed by atoms with van der Waals surface area (Å²) in [6, 6.07) is 8.08. The lowest BCUT2D eigenvalue weighted by atomic mass is 10.1. The van der Waals surface area contributed by atoms with Crippen LogP contribution in [0, 0.1) is 0 Å². The largest absolute Gasteiger partial charge is 0.395 e. The molecule has 1 heterocycles. The van der Waals surface area contributed by atoms with Crippen molar-refractivity contribution in [2.24, 2.45) is 0 Å². The van der Waals surface area contributed by atoms with E-state index in [1.807, 2.05) is 31.2 Å². The van der Waals surface area contributed by atoms with E-state index < -0.39 is 0 Å². The topological polar surface area (TPSA) is 52.6 Å². The van der Waals surface area contributed by atoms with Crippen molar-refractivity contribution in [3.8, 4) is 0 Å². The minimum absolute atomic E-state index is 0.00854. The van der Waals surface area contributed by atoms with Gasteiger partial charge in [0.2, 0.25) is 5.91 Å². The summed E-state index contributed by atoms with van der Waals surface area (Å²) in [5.41, 5.74) is 1.08. The highest BCUT2D eigenvalue weighted by atomic mass is 79.9. The van der Waals surface area contributed by atoms with Crippen LogP contribution in [0.2, 0.25) is 0 Å². The molecule has 1 aromatic rings. The molecule has 0 spiro atoms. The number of aliphatic hydroxyl groups is 1. The molecule has 0 bridgehead atoms. The number of halogens is 1. The second-order valence-corrected chi connectivity index (χ2v) is 6.21. The molecule has 1 aliphatic heterocycles. The standard InChI is InChI=1S/C15H21BrN2O2/c1-11(12-4-6-13(16)7-5-12)17-15(20)9-18-8-2-3-14(18)10-19/h4-7,11,14,19H,2-3,8-10H2,1H3,(H,17,20)/t11?,14-/m1/s1. The zero-order chi connectivity index (χ0) is 14.5. The molecule has 2 N–H and O–H groups in total. The zero-order valence-corrected chi connectivity index (χ0v) is 13.3. The van der Waals surface area contributed by atoms with Gasteiger partial charge in [-0.1, -0.05) is 28.1 Å². The van der Waals surface area contributed by atoms with Crippen LogP contribution in [-0.2, 0) is 4.79 Å². The number of nitrogens with zero attached hydrogens (tertiary/aromatic N) is 1. The number of nitrogens with one attached hydrogen (secondary N) is 1. The van der Waals surface area contributed by atoms with Crippen molar-refractivity contribution in [3.63, 3.8) is 0 Å². The summed E-state index contributed by atoms with van der Waals surface area (Å²) in [4.78, 5) is 14.1. The van der Waals surface area contributed by atoms with Crippen LogP contribution in [0.4, 0.5) is 0 Å². The van der Waals surface area contributed by atoms with E-state index in [-0.39, 0.29) is 24.6 Å². The maximum Gasteiger partial charge on any atom is 0.234 e. The van der Waals surface area contributed by atoms with Crippen molar-refractivity contribution in [1.29, 1.82) is 0 Å². The van der Waals surface area contributed by atoms with Gasteiger partial charge >= 0.3 is 0 Å². The van der Waals surface area contributed by atoms with Gasteiger partial charge < -0.3 is 10.4 Å². The zero-order valence-electron chi connectivity index (χ0n) is 11.7. The van der Waals surface area contributed by atoms with Crippen LogP contribution in [0.1, 0.15) is 31.4 Å². The molecule has 1 fully saturated rings. The second-order valence-electron chi connectivity index (χ2n) is 5.29. The normalized spacial score (nSPS) is 20.9. The number of amides is 1. The molecule has 0 saturated carbocycles. The Bertz CT molecular complexity index is 450. The molecule has 0 aliphatic carbocycles. The molecule has 2 atom stereocenters. The van der Waals surface area contributed by atoms with Gasteiger partial charge in [-0.2, -0.15) is 0 Å². The second kappa shape index (κ2) is 7.20. The van der Waals surface area contributed by atoms with Gasteiger partial charge in [0.15, 0.2) is 0 Å². The molecule has 110 valence electrons. The Kier molecular flexibility index (Phi) is 5.57. The summed E-state index contributed by atoms with van der Waals surface area (Å²) in [5.74, 6) is 0.0146. The van der Waals surface area contributed by atoms with Gasteiger partial charge in [-0.15, -0.1) is 0 Å². The highest BCUT2D eigenvalue weighted by Crippen LogP contribution is 2.18. The van der Waals surface area contributed by atoms with Gasteiger partial charge in [0, 0.05) is 10.5 Å². The summed E-state index contributed by atoms with van der Waals surface area (Å²) in [6.45, 7) is 3.38. The van der Waals surface area contributed by atoms with Crippen LogP contribution in [0.15, 0.2) is 28.7 Å². The van der Waals surface area contributed by atoms with E-state index in [2.05, 4.69) is 26.1 Å². The number of rotatable bonds is 5. The lowest BCUT2D eigenvalue weighted by Gasteiger charge is -2.23. The first-order chi connectivity index (χ1) is 9.60. The smallest absolute Gasteiger partial charge is 0.234 e. The molecule has 20 heavy (non-hydrogen) atoms. The highest BCUT2D eigenvalue weighted by molar-refractivity contribution is 9.10. The lowest BCUT2D eigenvalue weighted by molar-refractivity contribution is -0.123. The maximum absolute atomic E-state index is 12.1. The van der Waals surface area contributed by atoms with Gasteiger partial charge in [0.25, 0.3) is 0 Å². The van der Waals surface area contributed by atoms with Crippen molar-refractivity contribution < 1.29 is 9.90 Å². The van der Waals surface area contributed by atoms with Crippen LogP contribution in [0.3, 0.4) is 0 Å². The SMILES string of the molecule is CC(NC(=O)CN1CCC[C@@H]1CO)c1ccc(Br)cc1. The molecule has 0 radical (unpaired) electrons. The number of carbonyl (C=O) groups is 1. The minimum Gasteiger partial charge on any atom is -0.395 e. The van der Waals surface area contributed by atoms with Gasteiger partial charge in [-0.25, -0.2) is 0 Å². The molecule has 1 amide bonds. The average molecular weight is 341 g/mol. The monoisotopic (exact) mass is 340 g/mol. The quantitative estimate of drug-likeness (QED) is 0.862. The molecule has 4 nitrogen and oxygen atoms in total. The molecule has 5 heteroatoms. The molecule has 1 saturated heterocycles. The fourth-order valence-corrected chi connectivity index (χ4v) is 2.88. The van der Waals surface area contributed by atoms with Crippen molar-refractivity contribution in [2.45, 2.75) is 31.8 Å². The number of benzene rings is 1. The first-order valence-corrected chi connectivity index (χ1v) is 7.79. The fourth-order valence-electron chi connectivity index (χ4n) is 2.62. The van der Waals surface area contributed by atoms with Crippen LogP contribution in [0.25, 0.3) is 0 Å². The van der Waals surface area contributed by atoms with E-state index in [9.17, 15) is 9.90 Å². The molecular weight excluding hydrogens is 320 g/mol. The Balaban J connectivity index is 1.86. The molecule has 0 aromatic heterocycles. The summed E-state index contributed by atoms with van der Waals surface area (Å²) in [5, 5.41) is 12.3. The molecule has 1 aliphatic rings. The Morgan fingerprint density at radius 1 is 1.50 bits per heavy atom. The maximum atomic E-state index is 12.1. The Labute approximate surface area is 128 Å². The number of carbonyl (C=O) groups excluding carboxylic acids is 1. The third-order valence-corrected chi connectivity index (χ3v) is 4.33.